The van der Waals surface area contributed by atoms with E-state index in [1.165, 1.54) is 18.6 Å². The van der Waals surface area contributed by atoms with Gasteiger partial charge in [0.1, 0.15) is 5.69 Å². The van der Waals surface area contributed by atoms with Gasteiger partial charge in [-0.25, -0.2) is 4.98 Å². The van der Waals surface area contributed by atoms with Crippen molar-refractivity contribution in [3.8, 4) is 11.5 Å². The molecule has 0 radical (unpaired) electrons. The minimum atomic E-state index is -0.147. The van der Waals surface area contributed by atoms with E-state index >= 15 is 0 Å². The lowest BCUT2D eigenvalue weighted by atomic mass is 10.1. The smallest absolute Gasteiger partial charge is 0.274 e. The lowest BCUT2D eigenvalue weighted by Crippen LogP contribution is -2.50. The van der Waals surface area contributed by atoms with E-state index in [1.807, 2.05) is 30.0 Å². The van der Waals surface area contributed by atoms with E-state index in [0.717, 1.165) is 5.56 Å². The summed E-state index contributed by atoms with van der Waals surface area (Å²) in [5, 5.41) is 0. The molecule has 154 valence electrons. The number of benzene rings is 1. The van der Waals surface area contributed by atoms with Gasteiger partial charge in [-0.2, -0.15) is 0 Å². The Kier molecular flexibility index (Phi) is 6.99. The highest BCUT2D eigenvalue weighted by Crippen LogP contribution is 2.28. The topological polar surface area (TPSA) is 84.9 Å². The number of hydrogen-bond donors (Lipinski definition) is 0. The summed E-state index contributed by atoms with van der Waals surface area (Å²) < 4.78 is 10.9. The highest BCUT2D eigenvalue weighted by atomic mass is 16.5. The number of carbonyl (C=O) groups excluding carboxylic acids is 2. The Balaban J connectivity index is 1.49. The molecule has 1 aromatic carbocycles. The van der Waals surface area contributed by atoms with Crippen molar-refractivity contribution in [2.24, 2.45) is 0 Å². The summed E-state index contributed by atoms with van der Waals surface area (Å²) in [7, 11) is 1.61. The van der Waals surface area contributed by atoms with Crippen LogP contribution in [0.3, 0.4) is 0 Å². The number of nitrogens with zero attached hydrogens (tertiary/aromatic N) is 4. The highest BCUT2D eigenvalue weighted by molar-refractivity contribution is 5.92. The van der Waals surface area contributed by atoms with E-state index < -0.39 is 0 Å². The van der Waals surface area contributed by atoms with Crippen LogP contribution in [0.1, 0.15) is 29.4 Å². The number of hydrogen-bond acceptors (Lipinski definition) is 6. The van der Waals surface area contributed by atoms with Crippen LogP contribution in [0, 0.1) is 0 Å². The first-order valence-electron chi connectivity index (χ1n) is 9.75. The highest BCUT2D eigenvalue weighted by Gasteiger charge is 2.25. The van der Waals surface area contributed by atoms with Crippen LogP contribution in [0.5, 0.6) is 11.5 Å². The number of piperazine rings is 1. The molecule has 1 aromatic heterocycles. The monoisotopic (exact) mass is 398 g/mol. The molecular weight excluding hydrogens is 372 g/mol. The molecule has 2 amide bonds. The summed E-state index contributed by atoms with van der Waals surface area (Å²) in [5.41, 5.74) is 1.35. The van der Waals surface area contributed by atoms with Crippen LogP contribution in [-0.4, -0.2) is 71.5 Å². The number of aromatic nitrogens is 2. The number of methoxy groups -OCH3 is 1. The fourth-order valence-corrected chi connectivity index (χ4v) is 3.28. The molecule has 29 heavy (non-hydrogen) atoms. The minimum Gasteiger partial charge on any atom is -0.493 e. The van der Waals surface area contributed by atoms with E-state index in [2.05, 4.69) is 9.97 Å². The lowest BCUT2D eigenvalue weighted by Gasteiger charge is -2.34. The Morgan fingerprint density at radius 2 is 1.83 bits per heavy atom. The second kappa shape index (κ2) is 9.86. The molecule has 0 saturated carbocycles. The van der Waals surface area contributed by atoms with Crippen molar-refractivity contribution in [2.75, 3.05) is 39.9 Å². The van der Waals surface area contributed by atoms with Gasteiger partial charge in [-0.3, -0.25) is 14.6 Å². The summed E-state index contributed by atoms with van der Waals surface area (Å²) in [6, 6.07) is 5.74. The van der Waals surface area contributed by atoms with E-state index in [0.29, 0.717) is 62.8 Å². The minimum absolute atomic E-state index is 0.0875. The second-order valence-corrected chi connectivity index (χ2v) is 6.68. The number of aryl methyl sites for hydroxylation is 1. The van der Waals surface area contributed by atoms with E-state index in [4.69, 9.17) is 9.47 Å². The van der Waals surface area contributed by atoms with Crippen LogP contribution in [0.2, 0.25) is 0 Å². The van der Waals surface area contributed by atoms with Crippen molar-refractivity contribution < 1.29 is 19.1 Å². The van der Waals surface area contributed by atoms with Gasteiger partial charge in [-0.05, 0) is 31.0 Å². The van der Waals surface area contributed by atoms with E-state index in [1.54, 1.807) is 12.0 Å². The fourth-order valence-electron chi connectivity index (χ4n) is 3.28. The third kappa shape index (κ3) is 5.22. The SMILES string of the molecule is CCOc1ccc(CCC(=O)N2CCN(C(=O)c3cnccn3)CC2)cc1OC. The molecule has 8 nitrogen and oxygen atoms in total. The van der Waals surface area contributed by atoms with Crippen molar-refractivity contribution in [3.05, 3.63) is 48.0 Å². The molecule has 0 aliphatic carbocycles. The van der Waals surface area contributed by atoms with Crippen LogP contribution in [-0.2, 0) is 11.2 Å². The third-order valence-corrected chi connectivity index (χ3v) is 4.86. The number of amides is 2. The first-order chi connectivity index (χ1) is 14.1. The zero-order valence-corrected chi connectivity index (χ0v) is 16.8. The summed E-state index contributed by atoms with van der Waals surface area (Å²) in [6.07, 6.45) is 5.54. The average molecular weight is 398 g/mol. The Morgan fingerprint density at radius 1 is 1.07 bits per heavy atom. The molecule has 2 heterocycles. The molecule has 0 unspecified atom stereocenters. The van der Waals surface area contributed by atoms with Crippen LogP contribution in [0.15, 0.2) is 36.8 Å². The molecule has 1 saturated heterocycles. The Bertz CT molecular complexity index is 836. The molecule has 8 heteroatoms. The van der Waals surface area contributed by atoms with Crippen LogP contribution >= 0.6 is 0 Å². The van der Waals surface area contributed by atoms with Gasteiger partial charge in [0.25, 0.3) is 5.91 Å². The van der Waals surface area contributed by atoms with Crippen molar-refractivity contribution in [1.82, 2.24) is 19.8 Å². The van der Waals surface area contributed by atoms with Gasteiger partial charge in [-0.1, -0.05) is 6.07 Å². The number of carbonyl (C=O) groups is 2. The maximum atomic E-state index is 12.6. The lowest BCUT2D eigenvalue weighted by molar-refractivity contribution is -0.132. The zero-order chi connectivity index (χ0) is 20.6. The van der Waals surface area contributed by atoms with Crippen LogP contribution in [0.25, 0.3) is 0 Å². The predicted molar refractivity (Wildman–Crippen MR) is 107 cm³/mol. The van der Waals surface area contributed by atoms with Crippen LogP contribution in [0.4, 0.5) is 0 Å². The molecule has 3 rings (SSSR count). The van der Waals surface area contributed by atoms with Crippen LogP contribution < -0.4 is 9.47 Å². The quantitative estimate of drug-likeness (QED) is 0.707. The van der Waals surface area contributed by atoms with Gasteiger partial charge >= 0.3 is 0 Å². The van der Waals surface area contributed by atoms with Crippen molar-refractivity contribution in [1.29, 1.82) is 0 Å². The second-order valence-electron chi connectivity index (χ2n) is 6.68. The molecule has 2 aromatic rings. The summed E-state index contributed by atoms with van der Waals surface area (Å²) in [5.74, 6) is 1.32. The van der Waals surface area contributed by atoms with Gasteiger partial charge in [0.05, 0.1) is 19.9 Å². The van der Waals surface area contributed by atoms with Crippen molar-refractivity contribution in [2.45, 2.75) is 19.8 Å². The van der Waals surface area contributed by atoms with Gasteiger partial charge in [0.2, 0.25) is 5.91 Å². The fraction of sp³-hybridized carbons (Fsp3) is 0.429. The molecule has 1 aliphatic rings. The van der Waals surface area contributed by atoms with Gasteiger partial charge in [0.15, 0.2) is 11.5 Å². The standard InChI is InChI=1S/C21H26N4O4/c1-3-29-18-6-4-16(14-19(18)28-2)5-7-20(26)24-10-12-25(13-11-24)21(27)17-15-22-8-9-23-17/h4,6,8-9,14-15H,3,5,7,10-13H2,1-2H3. The Hall–Kier alpha value is -3.16. The molecule has 0 N–H and O–H groups in total. The van der Waals surface area contributed by atoms with Gasteiger partial charge < -0.3 is 19.3 Å². The Labute approximate surface area is 170 Å². The maximum Gasteiger partial charge on any atom is 0.274 e. The largest absolute Gasteiger partial charge is 0.493 e. The molecule has 1 aliphatic heterocycles. The van der Waals surface area contributed by atoms with Gasteiger partial charge in [0, 0.05) is 45.0 Å². The molecule has 0 atom stereocenters. The molecule has 0 bridgehead atoms. The summed E-state index contributed by atoms with van der Waals surface area (Å²) >= 11 is 0. The predicted octanol–water partition coefficient (Wildman–Crippen LogP) is 1.80. The normalized spacial score (nSPS) is 13.9. The van der Waals surface area contributed by atoms with E-state index in [9.17, 15) is 9.59 Å². The molecule has 0 spiro atoms. The first-order valence-corrected chi connectivity index (χ1v) is 9.75. The van der Waals surface area contributed by atoms with Crippen molar-refractivity contribution in [3.63, 3.8) is 0 Å². The summed E-state index contributed by atoms with van der Waals surface area (Å²) in [6.45, 7) is 4.54. The third-order valence-electron chi connectivity index (χ3n) is 4.86. The zero-order valence-electron chi connectivity index (χ0n) is 16.8. The van der Waals surface area contributed by atoms with E-state index in [-0.39, 0.29) is 11.8 Å². The maximum absolute atomic E-state index is 12.6. The number of ether oxygens (including phenoxy) is 2. The molecule has 1 fully saturated rings. The average Bonchev–Trinajstić information content (AvgIpc) is 2.78. The number of rotatable bonds is 7. The Morgan fingerprint density at radius 3 is 2.48 bits per heavy atom. The van der Waals surface area contributed by atoms with Gasteiger partial charge in [-0.15, -0.1) is 0 Å². The molecular formula is C21H26N4O4. The summed E-state index contributed by atoms with van der Waals surface area (Å²) in [4.78, 5) is 36.5. The first kappa shape index (κ1) is 20.6. The van der Waals surface area contributed by atoms with Crippen molar-refractivity contribution >= 4 is 11.8 Å².